The van der Waals surface area contributed by atoms with Crippen LogP contribution in [-0.4, -0.2) is 18.4 Å². The molecule has 0 fully saturated rings. The predicted octanol–water partition coefficient (Wildman–Crippen LogP) is 3.33. The molecule has 7 heteroatoms. The number of benzene rings is 2. The Hall–Kier alpha value is -2.96. The van der Waals surface area contributed by atoms with Gasteiger partial charge in [-0.25, -0.2) is 8.78 Å². The van der Waals surface area contributed by atoms with Gasteiger partial charge in [-0.05, 0) is 30.3 Å². The molecule has 0 bridgehead atoms. The first-order valence-electron chi connectivity index (χ1n) is 7.20. The minimum Gasteiger partial charge on any atom is -0.490 e. The molecule has 24 heavy (non-hydrogen) atoms. The molecule has 0 radical (unpaired) electrons. The van der Waals surface area contributed by atoms with Crippen molar-refractivity contribution in [3.05, 3.63) is 54.1 Å². The largest absolute Gasteiger partial charge is 0.490 e. The predicted molar refractivity (Wildman–Crippen MR) is 85.8 cm³/mol. The molecule has 2 aromatic carbocycles. The van der Waals surface area contributed by atoms with Crippen molar-refractivity contribution in [1.29, 1.82) is 0 Å². The standard InChI is InChI=1S/C17H16F2N2O3/c1-11(22)20-12-6-7-13(18)15(10-12)21-17(23)8-9-24-16-5-3-2-4-14(16)19/h2-7,10H,8-9H2,1H3,(H,20,22)(H,21,23). The summed E-state index contributed by atoms with van der Waals surface area (Å²) in [6.07, 6.45) is -0.0852. The first-order chi connectivity index (χ1) is 11.5. The summed E-state index contributed by atoms with van der Waals surface area (Å²) in [7, 11) is 0. The van der Waals surface area contributed by atoms with E-state index in [0.717, 1.165) is 6.07 Å². The average Bonchev–Trinajstić information content (AvgIpc) is 2.52. The minimum atomic E-state index is -0.632. The molecule has 0 aliphatic rings. The van der Waals surface area contributed by atoms with Gasteiger partial charge in [0, 0.05) is 12.6 Å². The molecule has 5 nitrogen and oxygen atoms in total. The number of para-hydroxylation sites is 1. The van der Waals surface area contributed by atoms with Gasteiger partial charge in [0.15, 0.2) is 11.6 Å². The topological polar surface area (TPSA) is 67.4 Å². The lowest BCUT2D eigenvalue weighted by molar-refractivity contribution is -0.116. The summed E-state index contributed by atoms with van der Waals surface area (Å²) >= 11 is 0. The van der Waals surface area contributed by atoms with Crippen LogP contribution >= 0.6 is 0 Å². The molecule has 0 aliphatic carbocycles. The van der Waals surface area contributed by atoms with Gasteiger partial charge in [-0.15, -0.1) is 0 Å². The third-order valence-electron chi connectivity index (χ3n) is 2.98. The summed E-state index contributed by atoms with van der Waals surface area (Å²) in [6.45, 7) is 1.27. The van der Waals surface area contributed by atoms with Crippen LogP contribution in [0.15, 0.2) is 42.5 Å². The first-order valence-corrected chi connectivity index (χ1v) is 7.20. The maximum absolute atomic E-state index is 13.7. The van der Waals surface area contributed by atoms with Gasteiger partial charge >= 0.3 is 0 Å². The Morgan fingerprint density at radius 3 is 2.50 bits per heavy atom. The van der Waals surface area contributed by atoms with Gasteiger partial charge in [-0.1, -0.05) is 12.1 Å². The second-order valence-electron chi connectivity index (χ2n) is 4.95. The zero-order chi connectivity index (χ0) is 17.5. The van der Waals surface area contributed by atoms with Gasteiger partial charge in [0.1, 0.15) is 5.82 Å². The van der Waals surface area contributed by atoms with Gasteiger partial charge in [0.2, 0.25) is 11.8 Å². The minimum absolute atomic E-state index is 0.0455. The Morgan fingerprint density at radius 2 is 1.79 bits per heavy atom. The molecule has 2 aromatic rings. The van der Waals surface area contributed by atoms with Crippen molar-refractivity contribution in [2.24, 2.45) is 0 Å². The number of carbonyl (C=O) groups excluding carboxylic acids is 2. The monoisotopic (exact) mass is 334 g/mol. The van der Waals surface area contributed by atoms with Crippen LogP contribution in [0.1, 0.15) is 13.3 Å². The van der Waals surface area contributed by atoms with E-state index in [4.69, 9.17) is 4.74 Å². The van der Waals surface area contributed by atoms with E-state index >= 15 is 0 Å². The molecule has 2 rings (SSSR count). The molecular formula is C17H16F2N2O3. The Bertz CT molecular complexity index is 750. The molecule has 0 aliphatic heterocycles. The molecule has 0 atom stereocenters. The van der Waals surface area contributed by atoms with Gasteiger partial charge in [0.25, 0.3) is 0 Å². The second kappa shape index (κ2) is 8.05. The molecule has 0 spiro atoms. The molecule has 0 unspecified atom stereocenters. The van der Waals surface area contributed by atoms with E-state index in [1.165, 1.54) is 37.3 Å². The molecule has 0 heterocycles. The number of carbonyl (C=O) groups is 2. The number of anilines is 2. The summed E-state index contributed by atoms with van der Waals surface area (Å²) in [4.78, 5) is 22.8. The lowest BCUT2D eigenvalue weighted by atomic mass is 10.2. The van der Waals surface area contributed by atoms with Crippen LogP contribution in [0.25, 0.3) is 0 Å². The van der Waals surface area contributed by atoms with Gasteiger partial charge in [-0.3, -0.25) is 9.59 Å². The number of rotatable bonds is 6. The van der Waals surface area contributed by atoms with E-state index in [1.54, 1.807) is 6.07 Å². The van der Waals surface area contributed by atoms with Crippen molar-refractivity contribution >= 4 is 23.2 Å². The highest BCUT2D eigenvalue weighted by molar-refractivity contribution is 5.93. The number of amides is 2. The highest BCUT2D eigenvalue weighted by atomic mass is 19.1. The van der Waals surface area contributed by atoms with Crippen LogP contribution in [0.5, 0.6) is 5.75 Å². The molecule has 2 amide bonds. The molecule has 0 saturated carbocycles. The van der Waals surface area contributed by atoms with Gasteiger partial charge in [-0.2, -0.15) is 0 Å². The SMILES string of the molecule is CC(=O)Nc1ccc(F)c(NC(=O)CCOc2ccccc2F)c1. The second-order valence-corrected chi connectivity index (χ2v) is 4.95. The van der Waals surface area contributed by atoms with E-state index < -0.39 is 17.5 Å². The van der Waals surface area contributed by atoms with Crippen LogP contribution in [0, 0.1) is 11.6 Å². The highest BCUT2D eigenvalue weighted by Gasteiger charge is 2.10. The maximum atomic E-state index is 13.7. The number of halogens is 2. The smallest absolute Gasteiger partial charge is 0.227 e. The van der Waals surface area contributed by atoms with Crippen LogP contribution in [-0.2, 0) is 9.59 Å². The van der Waals surface area contributed by atoms with E-state index in [2.05, 4.69) is 10.6 Å². The Kier molecular flexibility index (Phi) is 5.83. The molecular weight excluding hydrogens is 318 g/mol. The van der Waals surface area contributed by atoms with Gasteiger partial charge < -0.3 is 15.4 Å². The van der Waals surface area contributed by atoms with E-state index in [-0.39, 0.29) is 30.4 Å². The number of ether oxygens (including phenoxy) is 1. The Labute approximate surface area is 137 Å². The van der Waals surface area contributed by atoms with E-state index in [9.17, 15) is 18.4 Å². The third-order valence-corrected chi connectivity index (χ3v) is 2.98. The van der Waals surface area contributed by atoms with Crippen molar-refractivity contribution in [3.8, 4) is 5.75 Å². The zero-order valence-corrected chi connectivity index (χ0v) is 12.9. The fourth-order valence-electron chi connectivity index (χ4n) is 1.93. The van der Waals surface area contributed by atoms with Crippen molar-refractivity contribution in [2.45, 2.75) is 13.3 Å². The molecule has 0 aromatic heterocycles. The third kappa shape index (κ3) is 5.05. The fourth-order valence-corrected chi connectivity index (χ4v) is 1.93. The first kappa shape index (κ1) is 17.4. The van der Waals surface area contributed by atoms with E-state index in [0.29, 0.717) is 5.69 Å². The fraction of sp³-hybridized carbons (Fsp3) is 0.176. The normalized spacial score (nSPS) is 10.1. The maximum Gasteiger partial charge on any atom is 0.227 e. The van der Waals surface area contributed by atoms with Crippen LogP contribution in [0.2, 0.25) is 0 Å². The highest BCUT2D eigenvalue weighted by Crippen LogP contribution is 2.20. The zero-order valence-electron chi connectivity index (χ0n) is 12.9. The van der Waals surface area contributed by atoms with Crippen LogP contribution < -0.4 is 15.4 Å². The number of hydrogen-bond acceptors (Lipinski definition) is 3. The summed E-state index contributed by atoms with van der Waals surface area (Å²) in [6, 6.07) is 9.67. The number of hydrogen-bond donors (Lipinski definition) is 2. The summed E-state index contributed by atoms with van der Waals surface area (Å²) in [5.41, 5.74) is 0.305. The van der Waals surface area contributed by atoms with Crippen molar-refractivity contribution in [1.82, 2.24) is 0 Å². The summed E-state index contributed by atoms with van der Waals surface area (Å²) in [5, 5.41) is 4.88. The number of nitrogens with one attached hydrogen (secondary N) is 2. The molecule has 2 N–H and O–H groups in total. The quantitative estimate of drug-likeness (QED) is 0.851. The Morgan fingerprint density at radius 1 is 1.04 bits per heavy atom. The van der Waals surface area contributed by atoms with Crippen molar-refractivity contribution in [2.75, 3.05) is 17.2 Å². The van der Waals surface area contributed by atoms with Crippen molar-refractivity contribution < 1.29 is 23.1 Å². The van der Waals surface area contributed by atoms with Crippen LogP contribution in [0.4, 0.5) is 20.2 Å². The average molecular weight is 334 g/mol. The lowest BCUT2D eigenvalue weighted by Crippen LogP contribution is -2.16. The summed E-state index contributed by atoms with van der Waals surface area (Å²) < 4.78 is 32.2. The summed E-state index contributed by atoms with van der Waals surface area (Å²) in [5.74, 6) is -1.91. The van der Waals surface area contributed by atoms with Crippen LogP contribution in [0.3, 0.4) is 0 Å². The van der Waals surface area contributed by atoms with E-state index in [1.807, 2.05) is 0 Å². The van der Waals surface area contributed by atoms with Gasteiger partial charge in [0.05, 0.1) is 18.7 Å². The molecule has 0 saturated heterocycles. The lowest BCUT2D eigenvalue weighted by Gasteiger charge is -2.10. The molecule has 126 valence electrons. The van der Waals surface area contributed by atoms with Crippen molar-refractivity contribution in [3.63, 3.8) is 0 Å². The Balaban J connectivity index is 1.90.